The standard InChI is InChI=1S/C38H47N3O3/c1-4-6-9-14-31-20-22-34(23-21-31)38(43)40(24-7-5-2)30-37(42)41(27-32-15-10-8-11-16-32)29-35-18-13-25-39(35)28-33-17-12-19-36(26-33)44-3/h8,10-13,15-23,25-26H,4-7,9,14,24,27-30H2,1-3H3. The molecule has 1 aromatic heterocycles. The van der Waals surface area contributed by atoms with Gasteiger partial charge in [0.15, 0.2) is 0 Å². The fourth-order valence-electron chi connectivity index (χ4n) is 5.39. The lowest BCUT2D eigenvalue weighted by atomic mass is 10.0. The van der Waals surface area contributed by atoms with Crippen molar-refractivity contribution in [1.29, 1.82) is 0 Å². The molecule has 0 aliphatic heterocycles. The van der Waals surface area contributed by atoms with E-state index in [1.54, 1.807) is 12.0 Å². The molecule has 0 fully saturated rings. The Balaban J connectivity index is 1.52. The number of rotatable bonds is 17. The molecule has 4 aromatic rings. The van der Waals surface area contributed by atoms with E-state index in [0.717, 1.165) is 48.3 Å². The number of nitrogens with zero attached hydrogens (tertiary/aromatic N) is 3. The monoisotopic (exact) mass is 593 g/mol. The molecule has 0 bridgehead atoms. The quantitative estimate of drug-likeness (QED) is 0.118. The molecule has 0 saturated heterocycles. The number of hydrogen-bond acceptors (Lipinski definition) is 3. The third kappa shape index (κ3) is 9.60. The summed E-state index contributed by atoms with van der Waals surface area (Å²) in [5.41, 5.74) is 5.08. The number of hydrogen-bond donors (Lipinski definition) is 0. The number of amides is 2. The second kappa shape index (κ2) is 17.1. The summed E-state index contributed by atoms with van der Waals surface area (Å²) >= 11 is 0. The Bertz CT molecular complexity index is 1450. The van der Waals surface area contributed by atoms with Crippen LogP contribution in [-0.4, -0.2) is 46.4 Å². The van der Waals surface area contributed by atoms with Crippen molar-refractivity contribution in [2.45, 2.75) is 72.0 Å². The van der Waals surface area contributed by atoms with Crippen molar-refractivity contribution in [2.75, 3.05) is 20.2 Å². The average Bonchev–Trinajstić information content (AvgIpc) is 3.49. The summed E-state index contributed by atoms with van der Waals surface area (Å²) in [7, 11) is 1.67. The normalized spacial score (nSPS) is 10.9. The summed E-state index contributed by atoms with van der Waals surface area (Å²) in [5.74, 6) is 0.664. The maximum Gasteiger partial charge on any atom is 0.254 e. The number of unbranched alkanes of at least 4 members (excludes halogenated alkanes) is 3. The zero-order valence-electron chi connectivity index (χ0n) is 26.6. The highest BCUT2D eigenvalue weighted by molar-refractivity contribution is 5.96. The Hall–Kier alpha value is -4.32. The molecular weight excluding hydrogens is 546 g/mol. The minimum Gasteiger partial charge on any atom is -0.497 e. The van der Waals surface area contributed by atoms with Gasteiger partial charge in [-0.3, -0.25) is 9.59 Å². The van der Waals surface area contributed by atoms with Crippen LogP contribution in [0.25, 0.3) is 0 Å². The number of ether oxygens (including phenoxy) is 1. The molecule has 0 spiro atoms. The van der Waals surface area contributed by atoms with Crippen LogP contribution in [0.3, 0.4) is 0 Å². The van der Waals surface area contributed by atoms with Crippen molar-refractivity contribution in [1.82, 2.24) is 14.4 Å². The van der Waals surface area contributed by atoms with Crippen LogP contribution >= 0.6 is 0 Å². The molecule has 2 amide bonds. The van der Waals surface area contributed by atoms with Crippen molar-refractivity contribution in [3.8, 4) is 5.75 Å². The van der Waals surface area contributed by atoms with Crippen LogP contribution < -0.4 is 4.74 Å². The summed E-state index contributed by atoms with van der Waals surface area (Å²) in [5, 5.41) is 0. The number of carbonyl (C=O) groups is 2. The maximum atomic E-state index is 14.0. The highest BCUT2D eigenvalue weighted by Gasteiger charge is 2.23. The van der Waals surface area contributed by atoms with Crippen molar-refractivity contribution in [2.24, 2.45) is 0 Å². The molecule has 232 valence electrons. The number of benzene rings is 3. The van der Waals surface area contributed by atoms with Gasteiger partial charge in [-0.15, -0.1) is 0 Å². The molecule has 1 heterocycles. The van der Waals surface area contributed by atoms with Crippen molar-refractivity contribution >= 4 is 11.8 Å². The summed E-state index contributed by atoms with van der Waals surface area (Å²) in [6.07, 6.45) is 8.40. The van der Waals surface area contributed by atoms with E-state index < -0.39 is 0 Å². The van der Waals surface area contributed by atoms with Crippen LogP contribution in [0.4, 0.5) is 0 Å². The third-order valence-corrected chi connectivity index (χ3v) is 8.00. The topological polar surface area (TPSA) is 54.8 Å². The summed E-state index contributed by atoms with van der Waals surface area (Å²) in [6.45, 7) is 6.47. The SMILES string of the molecule is CCCCCc1ccc(C(=O)N(CCCC)CC(=O)N(Cc2ccccc2)Cc2cccn2Cc2cccc(OC)c2)cc1. The fourth-order valence-corrected chi connectivity index (χ4v) is 5.39. The van der Waals surface area contributed by atoms with Crippen LogP contribution in [0, 0.1) is 0 Å². The highest BCUT2D eigenvalue weighted by Crippen LogP contribution is 2.18. The zero-order valence-corrected chi connectivity index (χ0v) is 26.6. The van der Waals surface area contributed by atoms with Gasteiger partial charge in [0.05, 0.1) is 13.7 Å². The number of methoxy groups -OCH3 is 1. The largest absolute Gasteiger partial charge is 0.497 e. The Kier molecular flexibility index (Phi) is 12.7. The highest BCUT2D eigenvalue weighted by atomic mass is 16.5. The van der Waals surface area contributed by atoms with Crippen LogP contribution in [0.5, 0.6) is 5.75 Å². The second-order valence-corrected chi connectivity index (χ2v) is 11.4. The van der Waals surface area contributed by atoms with Crippen molar-refractivity contribution in [3.63, 3.8) is 0 Å². The van der Waals surface area contributed by atoms with Gasteiger partial charge in [-0.1, -0.05) is 87.7 Å². The van der Waals surface area contributed by atoms with Gasteiger partial charge in [-0.05, 0) is 72.4 Å². The predicted molar refractivity (Wildman–Crippen MR) is 178 cm³/mol. The molecule has 0 atom stereocenters. The van der Waals surface area contributed by atoms with Crippen LogP contribution in [-0.2, 0) is 30.8 Å². The van der Waals surface area contributed by atoms with E-state index in [9.17, 15) is 9.59 Å². The van der Waals surface area contributed by atoms with Crippen LogP contribution in [0.2, 0.25) is 0 Å². The number of aryl methyl sites for hydroxylation is 1. The molecule has 6 heteroatoms. The predicted octanol–water partition coefficient (Wildman–Crippen LogP) is 7.75. The molecule has 4 rings (SSSR count). The Labute approximate surface area is 263 Å². The molecule has 0 saturated carbocycles. The molecule has 3 aromatic carbocycles. The molecule has 0 radical (unpaired) electrons. The molecule has 0 N–H and O–H groups in total. The van der Waals surface area contributed by atoms with E-state index in [0.29, 0.717) is 31.7 Å². The van der Waals surface area contributed by atoms with Gasteiger partial charge in [0.1, 0.15) is 12.3 Å². The van der Waals surface area contributed by atoms with Gasteiger partial charge in [-0.2, -0.15) is 0 Å². The zero-order chi connectivity index (χ0) is 31.1. The van der Waals surface area contributed by atoms with E-state index in [1.165, 1.54) is 18.4 Å². The molecule has 44 heavy (non-hydrogen) atoms. The number of aromatic nitrogens is 1. The number of carbonyl (C=O) groups excluding carboxylic acids is 2. The van der Waals surface area contributed by atoms with Gasteiger partial charge in [0, 0.05) is 37.1 Å². The smallest absolute Gasteiger partial charge is 0.254 e. The molecule has 0 unspecified atom stereocenters. The molecule has 0 aliphatic carbocycles. The van der Waals surface area contributed by atoms with E-state index >= 15 is 0 Å². The van der Waals surface area contributed by atoms with E-state index in [-0.39, 0.29) is 18.4 Å². The lowest BCUT2D eigenvalue weighted by Crippen LogP contribution is -2.43. The first-order valence-corrected chi connectivity index (χ1v) is 16.0. The summed E-state index contributed by atoms with van der Waals surface area (Å²) in [4.78, 5) is 31.3. The Morgan fingerprint density at radius 2 is 1.48 bits per heavy atom. The Morgan fingerprint density at radius 3 is 2.20 bits per heavy atom. The van der Waals surface area contributed by atoms with Crippen molar-refractivity contribution < 1.29 is 14.3 Å². The van der Waals surface area contributed by atoms with E-state index in [1.807, 2.05) is 77.8 Å². The van der Waals surface area contributed by atoms with Gasteiger partial charge in [0.25, 0.3) is 5.91 Å². The van der Waals surface area contributed by atoms with E-state index in [4.69, 9.17) is 4.74 Å². The first-order valence-electron chi connectivity index (χ1n) is 16.0. The van der Waals surface area contributed by atoms with Gasteiger partial charge >= 0.3 is 0 Å². The second-order valence-electron chi connectivity index (χ2n) is 11.4. The molecule has 6 nitrogen and oxygen atoms in total. The third-order valence-electron chi connectivity index (χ3n) is 8.00. The van der Waals surface area contributed by atoms with Gasteiger partial charge < -0.3 is 19.1 Å². The Morgan fingerprint density at radius 1 is 0.727 bits per heavy atom. The van der Waals surface area contributed by atoms with Gasteiger partial charge in [0.2, 0.25) is 5.91 Å². The summed E-state index contributed by atoms with van der Waals surface area (Å²) < 4.78 is 7.58. The maximum absolute atomic E-state index is 14.0. The average molecular weight is 594 g/mol. The minimum absolute atomic E-state index is 0.0422. The minimum atomic E-state index is -0.0898. The van der Waals surface area contributed by atoms with Gasteiger partial charge in [-0.25, -0.2) is 0 Å². The van der Waals surface area contributed by atoms with Crippen LogP contribution in [0.1, 0.15) is 78.7 Å². The molecular formula is C38H47N3O3. The lowest BCUT2D eigenvalue weighted by molar-refractivity contribution is -0.133. The van der Waals surface area contributed by atoms with Crippen molar-refractivity contribution in [3.05, 3.63) is 125 Å². The van der Waals surface area contributed by atoms with E-state index in [2.05, 4.69) is 42.7 Å². The first-order chi connectivity index (χ1) is 21.5. The summed E-state index contributed by atoms with van der Waals surface area (Å²) in [6, 6.07) is 30.1. The first kappa shape index (κ1) is 32.6. The van der Waals surface area contributed by atoms with Crippen LogP contribution in [0.15, 0.2) is 97.2 Å². The fraction of sp³-hybridized carbons (Fsp3) is 0.368. The molecule has 0 aliphatic rings. The lowest BCUT2D eigenvalue weighted by Gasteiger charge is -2.28.